The second-order valence-corrected chi connectivity index (χ2v) is 6.15. The molecular weight excluding hydrogens is 314 g/mol. The van der Waals surface area contributed by atoms with Crippen LogP contribution in [0.3, 0.4) is 0 Å². The zero-order valence-corrected chi connectivity index (χ0v) is 14.5. The van der Waals surface area contributed by atoms with Gasteiger partial charge in [0.05, 0.1) is 5.92 Å². The lowest BCUT2D eigenvalue weighted by molar-refractivity contribution is -0.152. The average Bonchev–Trinajstić information content (AvgIpc) is 3.08. The van der Waals surface area contributed by atoms with Crippen molar-refractivity contribution in [3.05, 3.63) is 0 Å². The van der Waals surface area contributed by atoms with Gasteiger partial charge in [-0.3, -0.25) is 19.6 Å². The summed E-state index contributed by atoms with van der Waals surface area (Å²) < 4.78 is 0. The summed E-state index contributed by atoms with van der Waals surface area (Å²) in [4.78, 5) is 38.0. The summed E-state index contributed by atoms with van der Waals surface area (Å²) in [7, 11) is 0. The van der Waals surface area contributed by atoms with Crippen LogP contribution in [-0.2, 0) is 14.4 Å². The Morgan fingerprint density at radius 3 is 2.54 bits per heavy atom. The van der Waals surface area contributed by atoms with Crippen LogP contribution in [0.4, 0.5) is 0 Å². The van der Waals surface area contributed by atoms with Crippen LogP contribution in [-0.4, -0.2) is 58.2 Å². The first-order chi connectivity index (χ1) is 11.5. The molecule has 3 atom stereocenters. The molecule has 0 spiro atoms. The topological polar surface area (TPSA) is 119 Å². The van der Waals surface area contributed by atoms with Gasteiger partial charge in [0, 0.05) is 13.1 Å². The van der Waals surface area contributed by atoms with Crippen LogP contribution in [0.1, 0.15) is 52.4 Å². The van der Waals surface area contributed by atoms with E-state index in [0.717, 1.165) is 12.8 Å². The van der Waals surface area contributed by atoms with E-state index >= 15 is 0 Å². The number of amides is 3. The SMILES string of the molecule is CCCC[C@@H](C(=O)N1CCC[C@H]1C(=O)NCCC)[C@H](O)C(=O)NO. The van der Waals surface area contributed by atoms with Crippen molar-refractivity contribution in [2.24, 2.45) is 5.92 Å². The number of rotatable bonds is 9. The molecule has 3 amide bonds. The summed E-state index contributed by atoms with van der Waals surface area (Å²) in [5, 5.41) is 21.6. The van der Waals surface area contributed by atoms with Crippen molar-refractivity contribution in [3.63, 3.8) is 0 Å². The fraction of sp³-hybridized carbons (Fsp3) is 0.812. The Bertz CT molecular complexity index is 443. The lowest BCUT2D eigenvalue weighted by Gasteiger charge is -2.30. The molecule has 1 aliphatic heterocycles. The third kappa shape index (κ3) is 5.17. The van der Waals surface area contributed by atoms with E-state index in [0.29, 0.717) is 38.8 Å². The number of hydroxylamine groups is 1. The van der Waals surface area contributed by atoms with Gasteiger partial charge in [-0.25, -0.2) is 5.48 Å². The van der Waals surface area contributed by atoms with Crippen LogP contribution in [0.25, 0.3) is 0 Å². The summed E-state index contributed by atoms with van der Waals surface area (Å²) >= 11 is 0. The smallest absolute Gasteiger partial charge is 0.272 e. The van der Waals surface area contributed by atoms with Crippen molar-refractivity contribution >= 4 is 17.7 Å². The maximum atomic E-state index is 12.8. The number of likely N-dealkylation sites (tertiary alicyclic amines) is 1. The van der Waals surface area contributed by atoms with E-state index in [1.807, 2.05) is 13.8 Å². The lowest BCUT2D eigenvalue weighted by Crippen LogP contribution is -2.51. The number of aliphatic hydroxyl groups excluding tert-OH is 1. The van der Waals surface area contributed by atoms with Crippen molar-refractivity contribution in [1.29, 1.82) is 0 Å². The quantitative estimate of drug-likeness (QED) is 0.352. The van der Waals surface area contributed by atoms with E-state index in [9.17, 15) is 19.5 Å². The van der Waals surface area contributed by atoms with Crippen LogP contribution in [0, 0.1) is 5.92 Å². The zero-order chi connectivity index (χ0) is 18.1. The van der Waals surface area contributed by atoms with Crippen LogP contribution < -0.4 is 10.8 Å². The van der Waals surface area contributed by atoms with E-state index < -0.39 is 29.9 Å². The molecule has 8 nitrogen and oxygen atoms in total. The van der Waals surface area contributed by atoms with E-state index in [-0.39, 0.29) is 5.91 Å². The summed E-state index contributed by atoms with van der Waals surface area (Å²) in [6.45, 7) is 4.87. The third-order valence-electron chi connectivity index (χ3n) is 4.33. The molecule has 1 rings (SSSR count). The van der Waals surface area contributed by atoms with Crippen LogP contribution in [0.2, 0.25) is 0 Å². The Morgan fingerprint density at radius 2 is 1.96 bits per heavy atom. The number of carbonyl (C=O) groups excluding carboxylic acids is 3. The van der Waals surface area contributed by atoms with Crippen LogP contribution >= 0.6 is 0 Å². The Hall–Kier alpha value is -1.67. The summed E-state index contributed by atoms with van der Waals surface area (Å²) in [5.41, 5.74) is 1.39. The van der Waals surface area contributed by atoms with Gasteiger partial charge >= 0.3 is 0 Å². The molecule has 0 bridgehead atoms. The Kier molecular flexibility index (Phi) is 8.70. The highest BCUT2D eigenvalue weighted by Gasteiger charge is 2.40. The molecule has 8 heteroatoms. The molecule has 0 saturated carbocycles. The molecular formula is C16H29N3O5. The van der Waals surface area contributed by atoms with Gasteiger partial charge in [-0.2, -0.15) is 0 Å². The highest BCUT2D eigenvalue weighted by molar-refractivity contribution is 5.92. The van der Waals surface area contributed by atoms with Gasteiger partial charge in [-0.15, -0.1) is 0 Å². The first-order valence-corrected chi connectivity index (χ1v) is 8.68. The minimum atomic E-state index is -1.63. The normalized spacial score (nSPS) is 19.7. The predicted octanol–water partition coefficient (Wildman–Crippen LogP) is 0.176. The monoisotopic (exact) mass is 343 g/mol. The molecule has 0 radical (unpaired) electrons. The molecule has 1 heterocycles. The summed E-state index contributed by atoms with van der Waals surface area (Å²) in [5.74, 6) is -2.57. The minimum Gasteiger partial charge on any atom is -0.382 e. The maximum Gasteiger partial charge on any atom is 0.272 e. The molecule has 0 aromatic heterocycles. The van der Waals surface area contributed by atoms with Crippen molar-refractivity contribution in [1.82, 2.24) is 15.7 Å². The molecule has 1 aliphatic rings. The number of unbranched alkanes of at least 4 members (excludes halogenated alkanes) is 1. The molecule has 0 aromatic carbocycles. The zero-order valence-electron chi connectivity index (χ0n) is 14.5. The summed E-state index contributed by atoms with van der Waals surface area (Å²) in [6.07, 6.45) is 2.24. The molecule has 4 N–H and O–H groups in total. The van der Waals surface area contributed by atoms with Gasteiger partial charge in [0.2, 0.25) is 11.8 Å². The average molecular weight is 343 g/mol. The predicted molar refractivity (Wildman–Crippen MR) is 87.0 cm³/mol. The Morgan fingerprint density at radius 1 is 1.25 bits per heavy atom. The first-order valence-electron chi connectivity index (χ1n) is 8.68. The number of nitrogens with one attached hydrogen (secondary N) is 2. The fourth-order valence-corrected chi connectivity index (χ4v) is 2.97. The largest absolute Gasteiger partial charge is 0.382 e. The molecule has 138 valence electrons. The molecule has 1 fully saturated rings. The standard InChI is InChI=1S/C16H29N3O5/c1-3-5-7-11(13(20)15(22)18-24)16(23)19-10-6-8-12(19)14(21)17-9-4-2/h11-13,20,24H,3-10H2,1-2H3,(H,17,21)(H,18,22)/t11-,12+,13+/m1/s1. The van der Waals surface area contributed by atoms with Gasteiger partial charge in [0.1, 0.15) is 12.1 Å². The molecule has 24 heavy (non-hydrogen) atoms. The number of carbonyl (C=O) groups is 3. The fourth-order valence-electron chi connectivity index (χ4n) is 2.97. The second-order valence-electron chi connectivity index (χ2n) is 6.15. The Balaban J connectivity index is 2.86. The third-order valence-corrected chi connectivity index (χ3v) is 4.33. The van der Waals surface area contributed by atoms with Gasteiger partial charge in [-0.05, 0) is 25.7 Å². The van der Waals surface area contributed by atoms with Crippen molar-refractivity contribution in [2.45, 2.75) is 64.5 Å². The van der Waals surface area contributed by atoms with Gasteiger partial charge in [-0.1, -0.05) is 26.7 Å². The molecule has 0 aromatic rings. The van der Waals surface area contributed by atoms with Gasteiger partial charge in [0.25, 0.3) is 5.91 Å². The highest BCUT2D eigenvalue weighted by Crippen LogP contribution is 2.24. The van der Waals surface area contributed by atoms with Gasteiger partial charge < -0.3 is 15.3 Å². The molecule has 0 unspecified atom stereocenters. The van der Waals surface area contributed by atoms with Crippen LogP contribution in [0.5, 0.6) is 0 Å². The van der Waals surface area contributed by atoms with E-state index in [1.54, 1.807) is 0 Å². The molecule has 0 aliphatic carbocycles. The van der Waals surface area contributed by atoms with E-state index in [4.69, 9.17) is 5.21 Å². The van der Waals surface area contributed by atoms with Crippen molar-refractivity contribution in [3.8, 4) is 0 Å². The maximum absolute atomic E-state index is 12.8. The van der Waals surface area contributed by atoms with Crippen molar-refractivity contribution < 1.29 is 24.7 Å². The number of hydrogen-bond donors (Lipinski definition) is 4. The second kappa shape index (κ2) is 10.2. The number of nitrogens with zero attached hydrogens (tertiary/aromatic N) is 1. The van der Waals surface area contributed by atoms with Crippen LogP contribution in [0.15, 0.2) is 0 Å². The summed E-state index contributed by atoms with van der Waals surface area (Å²) in [6, 6.07) is -0.558. The molecule has 1 saturated heterocycles. The van der Waals surface area contributed by atoms with Gasteiger partial charge in [0.15, 0.2) is 0 Å². The highest BCUT2D eigenvalue weighted by atomic mass is 16.5. The van der Waals surface area contributed by atoms with E-state index in [2.05, 4.69) is 5.32 Å². The van der Waals surface area contributed by atoms with E-state index in [1.165, 1.54) is 10.4 Å². The van der Waals surface area contributed by atoms with Crippen molar-refractivity contribution in [2.75, 3.05) is 13.1 Å². The lowest BCUT2D eigenvalue weighted by atomic mass is 9.93. The number of hydrogen-bond acceptors (Lipinski definition) is 5. The number of aliphatic hydroxyl groups is 1. The Labute approximate surface area is 142 Å². The minimum absolute atomic E-state index is 0.196. The first kappa shape index (κ1) is 20.4.